The maximum Gasteiger partial charge on any atom is 0.246 e. The van der Waals surface area contributed by atoms with Gasteiger partial charge in [-0.2, -0.15) is 0 Å². The molecule has 0 heterocycles. The van der Waals surface area contributed by atoms with Crippen LogP contribution in [0.1, 0.15) is 131 Å². The van der Waals surface area contributed by atoms with Gasteiger partial charge in [0.2, 0.25) is 35.4 Å². The van der Waals surface area contributed by atoms with E-state index in [1.807, 2.05) is 70.2 Å². The molecule has 0 aromatic heterocycles. The zero-order valence-electron chi connectivity index (χ0n) is 38.9. The minimum Gasteiger partial charge on any atom is -0.370 e. The number of benzene rings is 1. The molecule has 0 unspecified atom stereocenters. The summed E-state index contributed by atoms with van der Waals surface area (Å²) in [6.07, 6.45) is 10.4. The van der Waals surface area contributed by atoms with Crippen molar-refractivity contribution in [3.63, 3.8) is 0 Å². The smallest absolute Gasteiger partial charge is 0.246 e. The van der Waals surface area contributed by atoms with Gasteiger partial charge in [-0.15, -0.1) is 0 Å². The molecule has 14 N–H and O–H groups in total. The molecule has 18 nitrogen and oxygen atoms in total. The van der Waals surface area contributed by atoms with E-state index in [0.29, 0.717) is 70.6 Å². The van der Waals surface area contributed by atoms with E-state index in [1.165, 1.54) is 0 Å². The molecule has 0 radical (unpaired) electrons. The molecule has 0 fully saturated rings. The Morgan fingerprint density at radius 1 is 0.672 bits per heavy atom. The van der Waals surface area contributed by atoms with Crippen molar-refractivity contribution in [2.75, 3.05) is 6.54 Å². The predicted octanol–water partition coefficient (Wildman–Crippen LogP) is 1.37. The summed E-state index contributed by atoms with van der Waals surface area (Å²) in [7, 11) is 0. The number of carbonyl (C=O) groups is 8. The van der Waals surface area contributed by atoms with E-state index in [4.69, 9.17) is 22.9 Å². The number of unbranched alkanes of at least 4 members (excludes halogenated alkanes) is 3. The summed E-state index contributed by atoms with van der Waals surface area (Å²) in [5, 5.41) is 11.2. The van der Waals surface area contributed by atoms with Gasteiger partial charge in [0.15, 0.2) is 0 Å². The van der Waals surface area contributed by atoms with Gasteiger partial charge >= 0.3 is 0 Å². The van der Waals surface area contributed by atoms with Crippen LogP contribution in [0.2, 0.25) is 0 Å². The van der Waals surface area contributed by atoms with Crippen molar-refractivity contribution in [1.29, 1.82) is 0 Å². The van der Waals surface area contributed by atoms with Crippen LogP contribution in [0.3, 0.4) is 0 Å². The van der Waals surface area contributed by atoms with Gasteiger partial charge in [0.25, 0.3) is 0 Å². The Kier molecular flexibility index (Phi) is 26.9. The largest absolute Gasteiger partial charge is 0.370 e. The summed E-state index contributed by atoms with van der Waals surface area (Å²) in [4.78, 5) is 102. The highest BCUT2D eigenvalue weighted by atomic mass is 16.2. The third kappa shape index (κ3) is 23.1. The van der Waals surface area contributed by atoms with Gasteiger partial charge in [-0.05, 0) is 115 Å². The Balaban J connectivity index is 3.23. The van der Waals surface area contributed by atoms with Crippen molar-refractivity contribution in [1.82, 2.24) is 32.1 Å². The number of hydrogen-bond acceptors (Lipinski definition) is 12. The predicted molar refractivity (Wildman–Crippen MR) is 247 cm³/mol. The lowest BCUT2D eigenvalue weighted by Crippen LogP contribution is -2.63. The topological polar surface area (TPSA) is 313 Å². The second-order valence-corrected chi connectivity index (χ2v) is 18.0. The number of allylic oxidation sites excluding steroid dienone is 2. The van der Waals surface area contributed by atoms with Crippen LogP contribution in [-0.2, 0) is 44.8 Å². The summed E-state index contributed by atoms with van der Waals surface area (Å²) in [6.45, 7) is 11.5. The average molecular weight is 899 g/mol. The zero-order valence-corrected chi connectivity index (χ0v) is 38.9. The van der Waals surface area contributed by atoms with Gasteiger partial charge in [-0.3, -0.25) is 28.8 Å². The molecule has 0 aliphatic heterocycles. The van der Waals surface area contributed by atoms with E-state index >= 15 is 0 Å². The summed E-state index contributed by atoms with van der Waals surface area (Å²) >= 11 is 0. The van der Waals surface area contributed by atoms with E-state index in [9.17, 15) is 38.4 Å². The quantitative estimate of drug-likeness (QED) is 0.0200. The van der Waals surface area contributed by atoms with E-state index < -0.39 is 76.7 Å². The van der Waals surface area contributed by atoms with Crippen molar-refractivity contribution < 1.29 is 38.4 Å². The number of hydrogen-bond donors (Lipinski definition) is 10. The average Bonchev–Trinajstić information content (AvgIpc) is 3.23. The van der Waals surface area contributed by atoms with Crippen LogP contribution >= 0.6 is 0 Å². The third-order valence-electron chi connectivity index (χ3n) is 10.8. The van der Waals surface area contributed by atoms with Crippen LogP contribution in [0.4, 0.5) is 0 Å². The molecule has 1 rings (SSSR count). The summed E-state index contributed by atoms with van der Waals surface area (Å²) in [6, 6.07) is 4.85. The first kappa shape index (κ1) is 57.0. The van der Waals surface area contributed by atoms with Crippen LogP contribution < -0.4 is 55.1 Å². The van der Waals surface area contributed by atoms with Crippen LogP contribution in [0.25, 0.3) is 0 Å². The van der Waals surface area contributed by atoms with Crippen LogP contribution in [-0.4, -0.2) is 95.8 Å². The number of hydrazine groups is 1. The minimum absolute atomic E-state index is 0.0330. The molecule has 0 saturated carbocycles. The number of nitrogens with two attached hydrogens (primary N) is 4. The van der Waals surface area contributed by atoms with Gasteiger partial charge in [-0.1, -0.05) is 70.2 Å². The van der Waals surface area contributed by atoms with E-state index in [1.54, 1.807) is 13.8 Å². The Bertz CT molecular complexity index is 1660. The Hall–Kier alpha value is -5.04. The molecule has 6 amide bonds. The van der Waals surface area contributed by atoms with Crippen LogP contribution in [0, 0.1) is 11.8 Å². The normalized spacial score (nSPS) is 15.8. The molecule has 18 heteroatoms. The maximum atomic E-state index is 14.4. The maximum absolute atomic E-state index is 14.4. The van der Waals surface area contributed by atoms with Crippen LogP contribution in [0.15, 0.2) is 42.5 Å². The first-order valence-electron chi connectivity index (χ1n) is 22.6. The zero-order chi connectivity index (χ0) is 48.3. The first-order chi connectivity index (χ1) is 30.2. The van der Waals surface area contributed by atoms with E-state index in [-0.39, 0.29) is 43.9 Å². The Morgan fingerprint density at radius 2 is 1.28 bits per heavy atom. The molecular weight excluding hydrogens is 821 g/mol. The number of nitrogens with one attached hydrogen (secondary N) is 6. The number of rotatable bonds is 35. The second kappa shape index (κ2) is 30.2. The highest BCUT2D eigenvalue weighted by Gasteiger charge is 2.38. The summed E-state index contributed by atoms with van der Waals surface area (Å²) in [5.74, 6) is -3.32. The Morgan fingerprint density at radius 3 is 1.83 bits per heavy atom. The van der Waals surface area contributed by atoms with Gasteiger partial charge in [0.1, 0.15) is 36.2 Å². The standard InChI is InChI=1S/C46H78N10O8/c1-31(2)26-35(30-58)55-56-38(27-32(3)4)41(61)52-37(28-33-18-12-11-13-19-33)42(62)54-46(6,44(64)51-34(29-57)20-14-17-25-47)24-16-10-8-7-9-15-23-45(5,50)43(63)53-36(40(49)60)21-22-39(48)59/h7-8,11-13,18-19,29-32,34-38,55-56H,9-10,14-17,20-28,47,50H2,1-6H3,(H2,48,59)(H2,49,60)(H,51,64)(H,52,61)(H,53,63)(H,54,62)/t34-,35-,36-,37-,38-,45-,46-/m0/s1. The Labute approximate surface area is 379 Å². The highest BCUT2D eigenvalue weighted by Crippen LogP contribution is 2.19. The first-order valence-corrected chi connectivity index (χ1v) is 22.6. The van der Waals surface area contributed by atoms with E-state index in [2.05, 4.69) is 32.1 Å². The van der Waals surface area contributed by atoms with Crippen molar-refractivity contribution in [2.24, 2.45) is 34.8 Å². The third-order valence-corrected chi connectivity index (χ3v) is 10.8. The molecular formula is C46H78N10O8. The number of aldehydes is 2. The molecule has 0 spiro atoms. The molecule has 0 bridgehead atoms. The molecule has 0 saturated heterocycles. The number of amides is 6. The monoisotopic (exact) mass is 899 g/mol. The SMILES string of the molecule is CC(C)C[C@@H](C=O)NN[C@@H](CC(C)C)C(=O)N[C@@H](Cc1ccccc1)C(=O)N[C@@](C)(CCCC=CCCC[C@](C)(N)C(=O)N[C@@H](CCC(N)=O)C(N)=O)C(=O)N[C@H](C=O)CCCCN. The lowest BCUT2D eigenvalue weighted by atomic mass is 9.91. The molecule has 0 aliphatic carbocycles. The van der Waals surface area contributed by atoms with Crippen molar-refractivity contribution >= 4 is 48.0 Å². The fraction of sp³-hybridized carbons (Fsp3) is 0.652. The van der Waals surface area contributed by atoms with Gasteiger partial charge in [-0.25, -0.2) is 10.9 Å². The lowest BCUT2D eigenvalue weighted by Gasteiger charge is -2.33. The fourth-order valence-electron chi connectivity index (χ4n) is 6.91. The second-order valence-electron chi connectivity index (χ2n) is 18.0. The number of carbonyl (C=O) groups excluding carboxylic acids is 8. The van der Waals surface area contributed by atoms with Gasteiger partial charge < -0.3 is 53.8 Å². The molecule has 64 heavy (non-hydrogen) atoms. The minimum atomic E-state index is -1.50. The summed E-state index contributed by atoms with van der Waals surface area (Å²) in [5.41, 5.74) is 26.4. The van der Waals surface area contributed by atoms with Gasteiger partial charge in [0.05, 0.1) is 17.6 Å². The number of primary amides is 2. The lowest BCUT2D eigenvalue weighted by molar-refractivity contribution is -0.136. The van der Waals surface area contributed by atoms with E-state index in [0.717, 1.165) is 11.8 Å². The van der Waals surface area contributed by atoms with Crippen LogP contribution in [0.5, 0.6) is 0 Å². The molecule has 0 aliphatic rings. The molecule has 1 aromatic carbocycles. The fourth-order valence-corrected chi connectivity index (χ4v) is 6.91. The molecule has 7 atom stereocenters. The van der Waals surface area contributed by atoms with Crippen molar-refractivity contribution in [3.05, 3.63) is 48.0 Å². The molecule has 1 aromatic rings. The van der Waals surface area contributed by atoms with Gasteiger partial charge in [0, 0.05) is 12.8 Å². The van der Waals surface area contributed by atoms with Crippen molar-refractivity contribution in [2.45, 2.75) is 173 Å². The van der Waals surface area contributed by atoms with Crippen molar-refractivity contribution in [3.8, 4) is 0 Å². The molecule has 360 valence electrons. The highest BCUT2D eigenvalue weighted by molar-refractivity contribution is 5.96. The summed E-state index contributed by atoms with van der Waals surface area (Å²) < 4.78 is 0.